The van der Waals surface area contributed by atoms with Gasteiger partial charge in [0.25, 0.3) is 0 Å². The summed E-state index contributed by atoms with van der Waals surface area (Å²) in [6.45, 7) is 2.42. The molecule has 4 aliphatic rings. The third kappa shape index (κ3) is 0.787. The van der Waals surface area contributed by atoms with Crippen LogP contribution in [0.5, 0.6) is 0 Å². The Kier molecular flexibility index (Phi) is 1.14. The number of hydrogen-bond acceptors (Lipinski definition) is 0. The molecule has 0 spiro atoms. The van der Waals surface area contributed by atoms with E-state index in [1.807, 2.05) is 5.92 Å². The molecule has 4 fully saturated rings. The van der Waals surface area contributed by atoms with E-state index in [1.54, 1.807) is 32.1 Å². The van der Waals surface area contributed by atoms with Gasteiger partial charge in [0.05, 0.1) is 12.8 Å². The quantitative estimate of drug-likeness (QED) is 0.464. The van der Waals surface area contributed by atoms with E-state index < -0.39 is 0 Å². The van der Waals surface area contributed by atoms with Gasteiger partial charge in [0.15, 0.2) is 0 Å². The Balaban J connectivity index is 1.91. The van der Waals surface area contributed by atoms with E-state index in [-0.39, 0.29) is 0 Å². The first-order chi connectivity index (χ1) is 5.33. The summed E-state index contributed by atoms with van der Waals surface area (Å²) < 4.78 is 0. The van der Waals surface area contributed by atoms with Crippen LogP contribution in [-0.4, -0.2) is 0 Å². The maximum atomic E-state index is 2.42. The molecule has 0 radical (unpaired) electrons. The van der Waals surface area contributed by atoms with Crippen molar-refractivity contribution in [3.05, 3.63) is 5.92 Å². The lowest BCUT2D eigenvalue weighted by Gasteiger charge is -2.47. The molecule has 4 bridgehead atoms. The zero-order chi connectivity index (χ0) is 7.42. The molecule has 0 unspecified atom stereocenters. The molecule has 0 heterocycles. The van der Waals surface area contributed by atoms with E-state index in [2.05, 4.69) is 6.92 Å². The lowest BCUT2D eigenvalue weighted by molar-refractivity contribution is 0.0435. The van der Waals surface area contributed by atoms with Crippen molar-refractivity contribution in [1.82, 2.24) is 0 Å². The molecule has 60 valence electrons. The van der Waals surface area contributed by atoms with Crippen LogP contribution < -0.4 is 0 Å². The maximum Gasteiger partial charge on any atom is 0.101 e. The average Bonchev–Trinajstić information content (AvgIpc) is 1.98. The Bertz CT molecular complexity index is 143. The van der Waals surface area contributed by atoms with Crippen molar-refractivity contribution < 1.29 is 0 Å². The minimum atomic E-state index is 1.06. The summed E-state index contributed by atoms with van der Waals surface area (Å²) in [6.07, 6.45) is 7.80. The molecule has 0 saturated heterocycles. The Morgan fingerprint density at radius 3 is 1.73 bits per heavy atom. The first kappa shape index (κ1) is 6.39. The van der Waals surface area contributed by atoms with Crippen molar-refractivity contribution in [3.8, 4) is 0 Å². The SMILES string of the molecule is C[C+]1C2CC3CC(C2)CC1C3. The van der Waals surface area contributed by atoms with Gasteiger partial charge in [0.1, 0.15) is 11.8 Å². The fourth-order valence-corrected chi connectivity index (χ4v) is 3.93. The van der Waals surface area contributed by atoms with Gasteiger partial charge in [-0.2, -0.15) is 0 Å². The fraction of sp³-hybridized carbons (Fsp3) is 0.909. The van der Waals surface area contributed by atoms with Crippen molar-refractivity contribution in [1.29, 1.82) is 0 Å². The monoisotopic (exact) mass is 149 g/mol. The van der Waals surface area contributed by atoms with Crippen molar-refractivity contribution in [2.75, 3.05) is 0 Å². The largest absolute Gasteiger partial charge is 0.101 e. The maximum absolute atomic E-state index is 2.42. The van der Waals surface area contributed by atoms with Gasteiger partial charge in [-0.15, -0.1) is 0 Å². The molecule has 11 heavy (non-hydrogen) atoms. The highest BCUT2D eigenvalue weighted by molar-refractivity contribution is 5.10. The van der Waals surface area contributed by atoms with Gasteiger partial charge in [-0.25, -0.2) is 0 Å². The summed E-state index contributed by atoms with van der Waals surface area (Å²) in [5.74, 6) is 6.28. The molecule has 4 aliphatic carbocycles. The van der Waals surface area contributed by atoms with Gasteiger partial charge < -0.3 is 0 Å². The van der Waals surface area contributed by atoms with E-state index in [4.69, 9.17) is 0 Å². The first-order valence-electron chi connectivity index (χ1n) is 5.16. The third-order valence-corrected chi connectivity index (χ3v) is 4.43. The summed E-state index contributed by atoms with van der Waals surface area (Å²) in [5.41, 5.74) is 0. The minimum absolute atomic E-state index is 1.06. The number of rotatable bonds is 0. The molecule has 4 saturated carbocycles. The molecular weight excluding hydrogens is 132 g/mol. The minimum Gasteiger partial charge on any atom is -0.0469 e. The molecule has 0 aromatic heterocycles. The van der Waals surface area contributed by atoms with E-state index in [9.17, 15) is 0 Å². The normalized spacial score (nSPS) is 53.7. The van der Waals surface area contributed by atoms with E-state index >= 15 is 0 Å². The van der Waals surface area contributed by atoms with Crippen LogP contribution in [-0.2, 0) is 0 Å². The molecular formula is C11H17+. The van der Waals surface area contributed by atoms with Gasteiger partial charge in [0.2, 0.25) is 0 Å². The van der Waals surface area contributed by atoms with Crippen LogP contribution in [0.3, 0.4) is 0 Å². The van der Waals surface area contributed by atoms with Crippen LogP contribution in [0, 0.1) is 29.6 Å². The standard InChI is InChI=1S/C11H17/c1-7-10-3-8-2-9(5-10)6-11(7)4-8/h8-11H,2-6H2,1H3/q+1. The Morgan fingerprint density at radius 1 is 0.818 bits per heavy atom. The van der Waals surface area contributed by atoms with E-state index in [0.717, 1.165) is 23.7 Å². The first-order valence-corrected chi connectivity index (χ1v) is 5.16. The van der Waals surface area contributed by atoms with Gasteiger partial charge in [0, 0.05) is 0 Å². The van der Waals surface area contributed by atoms with E-state index in [1.165, 1.54) is 0 Å². The summed E-state index contributed by atoms with van der Waals surface area (Å²) in [6, 6.07) is 0. The van der Waals surface area contributed by atoms with E-state index in [0.29, 0.717) is 0 Å². The zero-order valence-electron chi connectivity index (χ0n) is 7.34. The predicted molar refractivity (Wildman–Crippen MR) is 46.0 cm³/mol. The van der Waals surface area contributed by atoms with Crippen molar-refractivity contribution in [2.45, 2.75) is 39.0 Å². The predicted octanol–water partition coefficient (Wildman–Crippen LogP) is 3.04. The molecule has 0 nitrogen and oxygen atoms in total. The molecule has 0 aromatic carbocycles. The number of hydrogen-bond donors (Lipinski definition) is 0. The van der Waals surface area contributed by atoms with Gasteiger partial charge in [-0.05, 0) is 43.9 Å². The van der Waals surface area contributed by atoms with Crippen LogP contribution in [0.4, 0.5) is 0 Å². The highest BCUT2D eigenvalue weighted by Crippen LogP contribution is 2.57. The van der Waals surface area contributed by atoms with Crippen LogP contribution in [0.15, 0.2) is 0 Å². The van der Waals surface area contributed by atoms with Crippen LogP contribution >= 0.6 is 0 Å². The van der Waals surface area contributed by atoms with Crippen molar-refractivity contribution in [3.63, 3.8) is 0 Å². The summed E-state index contributed by atoms with van der Waals surface area (Å²) in [5, 5.41) is 0. The second-order valence-corrected chi connectivity index (χ2v) is 5.05. The average molecular weight is 149 g/mol. The van der Waals surface area contributed by atoms with Crippen LogP contribution in [0.2, 0.25) is 0 Å². The topological polar surface area (TPSA) is 0 Å². The smallest absolute Gasteiger partial charge is 0.0469 e. The van der Waals surface area contributed by atoms with Crippen LogP contribution in [0.25, 0.3) is 0 Å². The molecule has 0 amide bonds. The van der Waals surface area contributed by atoms with Gasteiger partial charge in [-0.3, -0.25) is 0 Å². The molecule has 0 aromatic rings. The summed E-state index contributed by atoms with van der Waals surface area (Å²) in [4.78, 5) is 0. The molecule has 4 rings (SSSR count). The molecule has 0 atom stereocenters. The van der Waals surface area contributed by atoms with Gasteiger partial charge in [-0.1, -0.05) is 0 Å². The third-order valence-electron chi connectivity index (χ3n) is 4.43. The fourth-order valence-electron chi connectivity index (χ4n) is 3.93. The summed E-state index contributed by atoms with van der Waals surface area (Å²) in [7, 11) is 0. The second kappa shape index (κ2) is 1.97. The highest BCUT2D eigenvalue weighted by atomic mass is 14.5. The lowest BCUT2D eigenvalue weighted by Crippen LogP contribution is -2.42. The zero-order valence-corrected chi connectivity index (χ0v) is 7.34. The Morgan fingerprint density at radius 2 is 1.27 bits per heavy atom. The molecule has 0 heteroatoms. The highest BCUT2D eigenvalue weighted by Gasteiger charge is 2.53. The second-order valence-electron chi connectivity index (χ2n) is 5.05. The molecule has 0 N–H and O–H groups in total. The lowest BCUT2D eigenvalue weighted by atomic mass is 9.52. The Labute approximate surface area is 69.4 Å². The van der Waals surface area contributed by atoms with Gasteiger partial charge >= 0.3 is 0 Å². The Hall–Kier alpha value is -0.130. The van der Waals surface area contributed by atoms with Crippen molar-refractivity contribution >= 4 is 0 Å². The van der Waals surface area contributed by atoms with Crippen LogP contribution in [0.1, 0.15) is 39.0 Å². The van der Waals surface area contributed by atoms with Crippen molar-refractivity contribution in [2.24, 2.45) is 23.7 Å². The molecule has 0 aliphatic heterocycles. The summed E-state index contributed by atoms with van der Waals surface area (Å²) >= 11 is 0.